The Morgan fingerprint density at radius 1 is 1.15 bits per heavy atom. The zero-order valence-electron chi connectivity index (χ0n) is 16.2. The molecular formula is C21H30N2O4. The molecule has 1 atom stereocenters. The summed E-state index contributed by atoms with van der Waals surface area (Å²) in [5.74, 6) is 1.15. The molecule has 148 valence electrons. The fourth-order valence-corrected chi connectivity index (χ4v) is 3.83. The molecule has 27 heavy (non-hydrogen) atoms. The van der Waals surface area contributed by atoms with Gasteiger partial charge in [-0.2, -0.15) is 0 Å². The number of carbonyl (C=O) groups is 2. The van der Waals surface area contributed by atoms with Gasteiger partial charge in [-0.3, -0.25) is 14.5 Å². The van der Waals surface area contributed by atoms with Crippen LogP contribution in [-0.2, 0) is 4.79 Å². The van der Waals surface area contributed by atoms with Crippen LogP contribution in [0.1, 0.15) is 55.8 Å². The highest BCUT2D eigenvalue weighted by atomic mass is 16.6. The molecule has 2 aliphatic rings. The first-order chi connectivity index (χ1) is 13.2. The molecular weight excluding hydrogens is 344 g/mol. The number of likely N-dealkylation sites (tertiary alicyclic amines) is 1. The summed E-state index contributed by atoms with van der Waals surface area (Å²) in [5.41, 5.74) is 0.561. The van der Waals surface area contributed by atoms with Crippen molar-refractivity contribution < 1.29 is 19.1 Å². The van der Waals surface area contributed by atoms with Crippen LogP contribution >= 0.6 is 0 Å². The quantitative estimate of drug-likeness (QED) is 0.709. The average molecular weight is 374 g/mol. The van der Waals surface area contributed by atoms with Gasteiger partial charge >= 0.3 is 0 Å². The fraction of sp³-hybridized carbons (Fsp3) is 0.619. The molecule has 3 rings (SSSR count). The Hall–Kier alpha value is -2.08. The van der Waals surface area contributed by atoms with Gasteiger partial charge in [0.25, 0.3) is 0 Å². The molecule has 1 amide bonds. The number of benzene rings is 1. The van der Waals surface area contributed by atoms with E-state index in [4.69, 9.17) is 9.47 Å². The first-order valence-electron chi connectivity index (χ1n) is 10.1. The van der Waals surface area contributed by atoms with Crippen LogP contribution in [0.15, 0.2) is 18.2 Å². The second-order valence-corrected chi connectivity index (χ2v) is 7.23. The molecule has 6 heteroatoms. The van der Waals surface area contributed by atoms with Crippen molar-refractivity contribution >= 4 is 11.7 Å². The molecule has 6 nitrogen and oxygen atoms in total. The second kappa shape index (κ2) is 9.74. The minimum atomic E-state index is -0.0639. The molecule has 1 aromatic rings. The standard InChI is InChI=1S/C21H30N2O4/c1-2-17-5-3-4-11-23(17)12-10-22-21(25)9-7-18(24)16-6-8-19-20(15-16)27-14-13-26-19/h6,8,15,17H,2-5,7,9-14H2,1H3,(H,22,25). The minimum Gasteiger partial charge on any atom is -0.486 e. The summed E-state index contributed by atoms with van der Waals surface area (Å²) in [6.07, 6.45) is 5.39. The molecule has 1 saturated heterocycles. The summed E-state index contributed by atoms with van der Waals surface area (Å²) in [7, 11) is 0. The molecule has 0 spiro atoms. The predicted octanol–water partition coefficient (Wildman–Crippen LogP) is 2.80. The van der Waals surface area contributed by atoms with Crippen molar-refractivity contribution in [3.05, 3.63) is 23.8 Å². The van der Waals surface area contributed by atoms with Gasteiger partial charge in [0, 0.05) is 37.5 Å². The third-order valence-corrected chi connectivity index (χ3v) is 5.38. The Labute approximate surface area is 161 Å². The van der Waals surface area contributed by atoms with E-state index < -0.39 is 0 Å². The zero-order valence-corrected chi connectivity index (χ0v) is 16.2. The summed E-state index contributed by atoms with van der Waals surface area (Å²) < 4.78 is 11.0. The Bertz CT molecular complexity index is 662. The summed E-state index contributed by atoms with van der Waals surface area (Å²) in [4.78, 5) is 26.9. The number of ketones is 1. The van der Waals surface area contributed by atoms with Crippen LogP contribution in [0, 0.1) is 0 Å². The van der Waals surface area contributed by atoms with Crippen LogP contribution < -0.4 is 14.8 Å². The number of Topliss-reactive ketones (excluding diaryl/α,β-unsaturated/α-hetero) is 1. The lowest BCUT2D eigenvalue weighted by molar-refractivity contribution is -0.121. The van der Waals surface area contributed by atoms with E-state index in [1.54, 1.807) is 18.2 Å². The molecule has 2 aliphatic heterocycles. The van der Waals surface area contributed by atoms with Crippen LogP contribution in [0.4, 0.5) is 0 Å². The van der Waals surface area contributed by atoms with Crippen molar-refractivity contribution in [1.29, 1.82) is 0 Å². The summed E-state index contributed by atoms with van der Waals surface area (Å²) >= 11 is 0. The molecule has 0 radical (unpaired) electrons. The van der Waals surface area contributed by atoms with Gasteiger partial charge in [0.05, 0.1) is 0 Å². The lowest BCUT2D eigenvalue weighted by atomic mass is 10.0. The van der Waals surface area contributed by atoms with E-state index >= 15 is 0 Å². The number of rotatable bonds is 8. The number of nitrogens with zero attached hydrogens (tertiary/aromatic N) is 1. The third kappa shape index (κ3) is 5.45. The van der Waals surface area contributed by atoms with E-state index in [-0.39, 0.29) is 24.5 Å². The highest BCUT2D eigenvalue weighted by Crippen LogP contribution is 2.31. The number of carbonyl (C=O) groups excluding carboxylic acids is 2. The first kappa shape index (κ1) is 19.7. The lowest BCUT2D eigenvalue weighted by Crippen LogP contribution is -2.43. The van der Waals surface area contributed by atoms with Gasteiger partial charge in [0.1, 0.15) is 13.2 Å². The largest absolute Gasteiger partial charge is 0.486 e. The van der Waals surface area contributed by atoms with Gasteiger partial charge in [0.2, 0.25) is 5.91 Å². The van der Waals surface area contributed by atoms with Crippen molar-refractivity contribution in [2.45, 2.75) is 51.5 Å². The van der Waals surface area contributed by atoms with E-state index in [2.05, 4.69) is 17.1 Å². The van der Waals surface area contributed by atoms with Gasteiger partial charge in [-0.15, -0.1) is 0 Å². The number of amides is 1. The monoisotopic (exact) mass is 374 g/mol. The van der Waals surface area contributed by atoms with Gasteiger partial charge < -0.3 is 14.8 Å². The molecule has 1 fully saturated rings. The summed E-state index contributed by atoms with van der Waals surface area (Å²) in [5, 5.41) is 2.95. The van der Waals surface area contributed by atoms with E-state index in [1.165, 1.54) is 19.3 Å². The zero-order chi connectivity index (χ0) is 19.1. The summed E-state index contributed by atoms with van der Waals surface area (Å²) in [6.45, 7) is 5.90. The topological polar surface area (TPSA) is 67.9 Å². The maximum atomic E-state index is 12.4. The van der Waals surface area contributed by atoms with Crippen LogP contribution in [0.5, 0.6) is 11.5 Å². The van der Waals surface area contributed by atoms with Crippen LogP contribution in [0.25, 0.3) is 0 Å². The van der Waals surface area contributed by atoms with Crippen molar-refractivity contribution in [3.8, 4) is 11.5 Å². The SMILES string of the molecule is CCC1CCCCN1CCNC(=O)CCC(=O)c1ccc2c(c1)OCCO2. The molecule has 0 saturated carbocycles. The van der Waals surface area contributed by atoms with Crippen molar-refractivity contribution in [1.82, 2.24) is 10.2 Å². The van der Waals surface area contributed by atoms with Crippen LogP contribution in [-0.4, -0.2) is 55.5 Å². The maximum absolute atomic E-state index is 12.4. The van der Waals surface area contributed by atoms with Crippen molar-refractivity contribution in [3.63, 3.8) is 0 Å². The number of hydrogen-bond acceptors (Lipinski definition) is 5. The highest BCUT2D eigenvalue weighted by molar-refractivity contribution is 5.98. The smallest absolute Gasteiger partial charge is 0.220 e. The Morgan fingerprint density at radius 3 is 2.78 bits per heavy atom. The molecule has 2 heterocycles. The van der Waals surface area contributed by atoms with Crippen LogP contribution in [0.3, 0.4) is 0 Å². The molecule has 1 aromatic carbocycles. The van der Waals surface area contributed by atoms with E-state index in [9.17, 15) is 9.59 Å². The Kier molecular flexibility index (Phi) is 7.10. The number of fused-ring (bicyclic) bond motifs is 1. The van der Waals surface area contributed by atoms with E-state index in [1.807, 2.05) is 0 Å². The minimum absolute atomic E-state index is 0.0517. The number of hydrogen-bond donors (Lipinski definition) is 1. The number of nitrogens with one attached hydrogen (secondary N) is 1. The fourth-order valence-electron chi connectivity index (χ4n) is 3.83. The van der Waals surface area contributed by atoms with Crippen LogP contribution in [0.2, 0.25) is 0 Å². The summed E-state index contributed by atoms with van der Waals surface area (Å²) in [6, 6.07) is 5.84. The normalized spacial score (nSPS) is 19.5. The number of ether oxygens (including phenoxy) is 2. The predicted molar refractivity (Wildman–Crippen MR) is 104 cm³/mol. The molecule has 0 aliphatic carbocycles. The van der Waals surface area contributed by atoms with Crippen molar-refractivity contribution in [2.75, 3.05) is 32.8 Å². The molecule has 1 unspecified atom stereocenters. The molecule has 0 bridgehead atoms. The van der Waals surface area contributed by atoms with Gasteiger partial charge in [-0.05, 0) is 44.0 Å². The third-order valence-electron chi connectivity index (χ3n) is 5.38. The van der Waals surface area contributed by atoms with Gasteiger partial charge in [-0.25, -0.2) is 0 Å². The van der Waals surface area contributed by atoms with Crippen molar-refractivity contribution in [2.24, 2.45) is 0 Å². The maximum Gasteiger partial charge on any atom is 0.220 e. The second-order valence-electron chi connectivity index (χ2n) is 7.23. The lowest BCUT2D eigenvalue weighted by Gasteiger charge is -2.35. The van der Waals surface area contributed by atoms with Gasteiger partial charge in [0.15, 0.2) is 17.3 Å². The average Bonchev–Trinajstić information content (AvgIpc) is 2.72. The molecule has 0 aromatic heterocycles. The van der Waals surface area contributed by atoms with E-state index in [0.717, 1.165) is 19.5 Å². The Balaban J connectivity index is 1.39. The number of piperidine rings is 1. The Morgan fingerprint density at radius 2 is 1.96 bits per heavy atom. The first-order valence-corrected chi connectivity index (χ1v) is 10.1. The molecule has 1 N–H and O–H groups in total. The van der Waals surface area contributed by atoms with E-state index in [0.29, 0.717) is 42.9 Å². The van der Waals surface area contributed by atoms with Gasteiger partial charge in [-0.1, -0.05) is 13.3 Å². The highest BCUT2D eigenvalue weighted by Gasteiger charge is 2.20.